The minimum Gasteiger partial charge on any atom is -0.373 e. The van der Waals surface area contributed by atoms with Crippen molar-refractivity contribution in [3.05, 3.63) is 142 Å². The molecule has 0 bridgehead atoms. The molecule has 4 fully saturated rings. The molecule has 4 aromatic carbocycles. The van der Waals surface area contributed by atoms with E-state index < -0.39 is 81.2 Å². The summed E-state index contributed by atoms with van der Waals surface area (Å²) < 4.78 is 172. The fourth-order valence-electron chi connectivity index (χ4n) is 10.8. The first-order valence-electron chi connectivity index (χ1n) is 24.7. The molecule has 4 aliphatic rings. The maximum atomic E-state index is 13.4. The number of carbonyl (C=O) groups is 2. The summed E-state index contributed by atoms with van der Waals surface area (Å²) in [6, 6.07) is 26.0. The standard InChI is InChI=1S/C28H28F6N2O2.C27H27F6N3O2/c1-19(20-14-22(27(29,30)31)16-23(15-20)28(32,33)34)38-18-25(21-6-3-2-4-7-21)9-11-26(17-35,12-10-25)36-13-5-8-24(36)37;1-18(19-12-21(26(28,29)30)14-22(13-19)27(31,32)33)38-17-25(20-6-3-2-4-7-20)10-9-24(15-34,16-35-25)36-11-5-8-23(36)37/h2-4,6-7,14-16,19H,5,8-13,18H2,1H3;2-4,6-7,12-14,18,35H,5,8-11,16-17H2,1H3/t19-,25?,26?;18-,24-,25-/m11/s1. The van der Waals surface area contributed by atoms with Crippen LogP contribution in [0.2, 0.25) is 0 Å². The number of amides is 2. The van der Waals surface area contributed by atoms with Gasteiger partial charge in [-0.05, 0) is 124 Å². The smallest absolute Gasteiger partial charge is 0.373 e. The van der Waals surface area contributed by atoms with Crippen LogP contribution in [-0.2, 0) is 54.7 Å². The van der Waals surface area contributed by atoms with Crippen LogP contribution in [0.25, 0.3) is 0 Å². The van der Waals surface area contributed by atoms with Gasteiger partial charge in [0.05, 0.1) is 65.4 Å². The van der Waals surface area contributed by atoms with Crippen LogP contribution in [0, 0.1) is 22.7 Å². The number of halogens is 12. The zero-order valence-electron chi connectivity index (χ0n) is 41.5. The molecule has 1 N–H and O–H groups in total. The highest BCUT2D eigenvalue weighted by atomic mass is 19.4. The number of benzene rings is 4. The van der Waals surface area contributed by atoms with Gasteiger partial charge in [-0.2, -0.15) is 63.2 Å². The van der Waals surface area contributed by atoms with Crippen LogP contribution in [0.15, 0.2) is 97.1 Å². The molecule has 1 aliphatic carbocycles. The number of alkyl halides is 12. The number of nitrogens with one attached hydrogen (secondary N) is 1. The number of hydrogen-bond acceptors (Lipinski definition) is 7. The Labute approximate surface area is 431 Å². The lowest BCUT2D eigenvalue weighted by atomic mass is 9.64. The molecule has 76 heavy (non-hydrogen) atoms. The minimum absolute atomic E-state index is 0.0330. The van der Waals surface area contributed by atoms with Crippen molar-refractivity contribution in [2.75, 3.05) is 32.8 Å². The van der Waals surface area contributed by atoms with Gasteiger partial charge in [-0.1, -0.05) is 60.7 Å². The molecule has 21 heteroatoms. The highest BCUT2D eigenvalue weighted by Crippen LogP contribution is 2.48. The largest absolute Gasteiger partial charge is 0.416 e. The summed E-state index contributed by atoms with van der Waals surface area (Å²) in [7, 11) is 0. The van der Waals surface area contributed by atoms with Gasteiger partial charge in [0.15, 0.2) is 0 Å². The zero-order chi connectivity index (χ0) is 55.5. The Morgan fingerprint density at radius 1 is 0.539 bits per heavy atom. The number of rotatable bonds is 12. The van der Waals surface area contributed by atoms with E-state index >= 15 is 0 Å². The Morgan fingerprint density at radius 3 is 1.28 bits per heavy atom. The Morgan fingerprint density at radius 2 is 0.921 bits per heavy atom. The van der Waals surface area contributed by atoms with E-state index in [0.29, 0.717) is 102 Å². The lowest BCUT2D eigenvalue weighted by molar-refractivity contribution is -0.145. The molecule has 9 nitrogen and oxygen atoms in total. The van der Waals surface area contributed by atoms with Gasteiger partial charge in [0.25, 0.3) is 0 Å². The molecule has 3 heterocycles. The summed E-state index contributed by atoms with van der Waals surface area (Å²) in [5, 5.41) is 23.4. The maximum Gasteiger partial charge on any atom is 0.416 e. The van der Waals surface area contributed by atoms with Crippen molar-refractivity contribution in [3.63, 3.8) is 0 Å². The highest BCUT2D eigenvalue weighted by Gasteiger charge is 2.52. The Balaban J connectivity index is 0.000000221. The summed E-state index contributed by atoms with van der Waals surface area (Å²) in [6.07, 6.45) is -17.4. The molecule has 8 rings (SSSR count). The fraction of sp³-hybridized carbons (Fsp3) is 0.491. The average Bonchev–Trinajstić information content (AvgIpc) is 4.05. The predicted octanol–water partition coefficient (Wildman–Crippen LogP) is 13.2. The van der Waals surface area contributed by atoms with Gasteiger partial charge in [-0.25, -0.2) is 0 Å². The number of carbonyl (C=O) groups excluding carboxylic acids is 2. The molecule has 4 aromatic rings. The summed E-state index contributed by atoms with van der Waals surface area (Å²) in [5.74, 6) is -0.135. The first-order chi connectivity index (χ1) is 35.6. The van der Waals surface area contributed by atoms with Crippen molar-refractivity contribution >= 4 is 11.8 Å². The van der Waals surface area contributed by atoms with Crippen LogP contribution in [0.3, 0.4) is 0 Å². The van der Waals surface area contributed by atoms with E-state index in [1.165, 1.54) is 13.8 Å². The number of ether oxygens (including phenoxy) is 2. The number of likely N-dealkylation sites (tertiary alicyclic amines) is 2. The topological polar surface area (TPSA) is 119 Å². The van der Waals surface area contributed by atoms with Crippen LogP contribution >= 0.6 is 0 Å². The molecule has 0 radical (unpaired) electrons. The van der Waals surface area contributed by atoms with Crippen molar-refractivity contribution in [2.24, 2.45) is 0 Å². The van der Waals surface area contributed by atoms with Crippen molar-refractivity contribution in [1.29, 1.82) is 10.5 Å². The Bertz CT molecular complexity index is 2520. The van der Waals surface area contributed by atoms with Crippen molar-refractivity contribution in [3.8, 4) is 12.1 Å². The monoisotopic (exact) mass is 1080 g/mol. The van der Waals surface area contributed by atoms with E-state index in [1.54, 1.807) is 21.9 Å². The molecule has 408 valence electrons. The lowest BCUT2D eigenvalue weighted by Crippen LogP contribution is -2.64. The van der Waals surface area contributed by atoms with Crippen LogP contribution in [0.5, 0.6) is 0 Å². The van der Waals surface area contributed by atoms with Crippen molar-refractivity contribution in [2.45, 2.75) is 137 Å². The molecular weight excluding hydrogens is 1020 g/mol. The Kier molecular flexibility index (Phi) is 16.7. The zero-order valence-corrected chi connectivity index (χ0v) is 41.5. The van der Waals surface area contributed by atoms with E-state index in [0.717, 1.165) is 11.1 Å². The van der Waals surface area contributed by atoms with Crippen LogP contribution < -0.4 is 5.32 Å². The molecule has 3 aliphatic heterocycles. The normalized spacial score (nSPS) is 25.3. The van der Waals surface area contributed by atoms with E-state index in [9.17, 15) is 72.8 Å². The molecule has 0 unspecified atom stereocenters. The highest BCUT2D eigenvalue weighted by molar-refractivity contribution is 5.80. The van der Waals surface area contributed by atoms with E-state index in [4.69, 9.17) is 9.47 Å². The summed E-state index contributed by atoms with van der Waals surface area (Å²) in [4.78, 5) is 28.1. The minimum atomic E-state index is -4.96. The number of nitrogens with zero attached hydrogens (tertiary/aromatic N) is 4. The molecule has 4 atom stereocenters. The summed E-state index contributed by atoms with van der Waals surface area (Å²) in [6.45, 7) is 3.94. The second kappa shape index (κ2) is 22.1. The van der Waals surface area contributed by atoms with E-state index in [2.05, 4.69) is 17.5 Å². The second-order valence-corrected chi connectivity index (χ2v) is 20.1. The van der Waals surface area contributed by atoms with E-state index in [1.807, 2.05) is 48.5 Å². The fourth-order valence-corrected chi connectivity index (χ4v) is 10.8. The Hall–Kier alpha value is -6.16. The third-order valence-electron chi connectivity index (χ3n) is 15.4. The van der Waals surface area contributed by atoms with Gasteiger partial charge < -0.3 is 24.6 Å². The second-order valence-electron chi connectivity index (χ2n) is 20.1. The first kappa shape index (κ1) is 57.5. The SMILES string of the molecule is C[C@@H](OCC1(c2ccccc2)CCC(C#N)(N2CCCC2=O)CC1)c1cc(C(F)(F)F)cc(C(F)(F)F)c1.C[C@@H](OC[C@@]1(c2ccccc2)CC[C@](C#N)(N2CCCC2=O)CN1)c1cc(C(F)(F)F)cc(C(F)(F)F)c1. The van der Waals surface area contributed by atoms with Gasteiger partial charge >= 0.3 is 24.7 Å². The lowest BCUT2D eigenvalue weighted by Gasteiger charge is -2.48. The van der Waals surface area contributed by atoms with Crippen molar-refractivity contribution < 1.29 is 71.7 Å². The number of hydrogen-bond donors (Lipinski definition) is 1. The van der Waals surface area contributed by atoms with Crippen LogP contribution in [0.4, 0.5) is 52.7 Å². The molecule has 2 amide bonds. The quantitative estimate of drug-likeness (QED) is 0.140. The van der Waals surface area contributed by atoms with Crippen molar-refractivity contribution in [1.82, 2.24) is 15.1 Å². The number of piperidine rings is 1. The van der Waals surface area contributed by atoms with Gasteiger partial charge in [0.1, 0.15) is 11.1 Å². The van der Waals surface area contributed by atoms with E-state index in [-0.39, 0.29) is 54.8 Å². The molecule has 0 spiro atoms. The van der Waals surface area contributed by atoms with Gasteiger partial charge in [-0.15, -0.1) is 0 Å². The van der Waals surface area contributed by atoms with Crippen LogP contribution in [-0.4, -0.2) is 65.5 Å². The number of nitriles is 2. The first-order valence-corrected chi connectivity index (χ1v) is 24.7. The molecular formula is C55H55F12N5O4. The molecule has 3 saturated heterocycles. The van der Waals surface area contributed by atoms with Gasteiger partial charge in [0.2, 0.25) is 11.8 Å². The predicted molar refractivity (Wildman–Crippen MR) is 252 cm³/mol. The van der Waals surface area contributed by atoms with Gasteiger partial charge in [-0.3, -0.25) is 9.59 Å². The third-order valence-corrected chi connectivity index (χ3v) is 15.4. The summed E-state index contributed by atoms with van der Waals surface area (Å²) in [5.41, 5.74) is -7.80. The van der Waals surface area contributed by atoms with Gasteiger partial charge in [0, 0.05) is 37.9 Å². The molecule has 1 saturated carbocycles. The maximum absolute atomic E-state index is 13.4. The average molecular weight is 1080 g/mol. The van der Waals surface area contributed by atoms with Crippen LogP contribution in [0.1, 0.15) is 135 Å². The third kappa shape index (κ3) is 12.5. The summed E-state index contributed by atoms with van der Waals surface area (Å²) >= 11 is 0. The molecule has 0 aromatic heterocycles.